The van der Waals surface area contributed by atoms with Gasteiger partial charge in [-0.1, -0.05) is 18.2 Å². The Morgan fingerprint density at radius 2 is 1.38 bits per heavy atom. The Morgan fingerprint density at radius 1 is 0.828 bits per heavy atom. The molecule has 2 saturated heterocycles. The summed E-state index contributed by atoms with van der Waals surface area (Å²) in [6.07, 6.45) is 0. The molecule has 0 atom stereocenters. The van der Waals surface area contributed by atoms with Crippen molar-refractivity contribution in [3.63, 3.8) is 0 Å². The van der Waals surface area contributed by atoms with Gasteiger partial charge >= 0.3 is 6.03 Å². The van der Waals surface area contributed by atoms with Crippen LogP contribution in [0.5, 0.6) is 0 Å². The molecule has 11 nitrogen and oxygen atoms in total. The van der Waals surface area contributed by atoms with Gasteiger partial charge in [0, 0.05) is 31.9 Å². The van der Waals surface area contributed by atoms with Gasteiger partial charge in [0.25, 0.3) is 0 Å². The lowest BCUT2D eigenvalue weighted by Crippen LogP contribution is -2.40. The Labute approximate surface area is 168 Å². The third-order valence-electron chi connectivity index (χ3n) is 4.52. The number of ether oxygens (including phenoxy) is 2. The highest BCUT2D eigenvalue weighted by molar-refractivity contribution is 5.89. The molecule has 4 rings (SSSR count). The van der Waals surface area contributed by atoms with Gasteiger partial charge in [0.2, 0.25) is 17.8 Å². The van der Waals surface area contributed by atoms with Gasteiger partial charge in [-0.25, -0.2) is 10.2 Å². The number of hydrogen-bond acceptors (Lipinski definition) is 9. The molecule has 2 aliphatic heterocycles. The van der Waals surface area contributed by atoms with Crippen LogP contribution in [0.15, 0.2) is 30.3 Å². The van der Waals surface area contributed by atoms with E-state index in [-0.39, 0.29) is 5.95 Å². The number of anilines is 4. The Kier molecular flexibility index (Phi) is 6.17. The summed E-state index contributed by atoms with van der Waals surface area (Å²) < 4.78 is 10.8. The molecule has 2 amide bonds. The van der Waals surface area contributed by atoms with Crippen LogP contribution in [0.25, 0.3) is 0 Å². The minimum Gasteiger partial charge on any atom is -0.378 e. The number of hydrogen-bond donors (Lipinski definition) is 3. The number of aromatic nitrogens is 3. The van der Waals surface area contributed by atoms with Gasteiger partial charge in [-0.2, -0.15) is 15.0 Å². The zero-order valence-electron chi connectivity index (χ0n) is 16.0. The van der Waals surface area contributed by atoms with Crippen molar-refractivity contribution in [2.24, 2.45) is 0 Å². The zero-order chi connectivity index (χ0) is 19.9. The fraction of sp³-hybridized carbons (Fsp3) is 0.444. The molecule has 1 aromatic carbocycles. The minimum atomic E-state index is -0.419. The minimum absolute atomic E-state index is 0.270. The summed E-state index contributed by atoms with van der Waals surface area (Å²) in [6, 6.07) is 8.76. The predicted octanol–water partition coefficient (Wildman–Crippen LogP) is 0.693. The molecule has 0 aliphatic carbocycles. The van der Waals surface area contributed by atoms with Crippen molar-refractivity contribution in [2.45, 2.75) is 0 Å². The normalized spacial score (nSPS) is 17.0. The number of morpholine rings is 2. The van der Waals surface area contributed by atoms with Crippen LogP contribution in [0.3, 0.4) is 0 Å². The van der Waals surface area contributed by atoms with Crippen LogP contribution in [0, 0.1) is 0 Å². The van der Waals surface area contributed by atoms with Crippen molar-refractivity contribution in [2.75, 3.05) is 73.1 Å². The number of nitrogens with one attached hydrogen (secondary N) is 3. The molecule has 2 aromatic rings. The quantitative estimate of drug-likeness (QED) is 0.623. The number of carbonyl (C=O) groups excluding carboxylic acids is 1. The SMILES string of the molecule is O=C(NNc1nc(N2CCOCC2)nc(N2CCOCC2)n1)Nc1ccccc1. The standard InChI is InChI=1S/C18H24N8O3/c27-18(19-14-4-2-1-3-5-14)24-23-15-20-16(25-6-10-28-11-7-25)22-17(21-15)26-8-12-29-13-9-26/h1-5H,6-13H2,(H2,19,24,27)(H,20,21,22,23). The first-order chi connectivity index (χ1) is 14.3. The number of rotatable bonds is 5. The first-order valence-corrected chi connectivity index (χ1v) is 9.57. The van der Waals surface area contributed by atoms with Crippen LogP contribution < -0.4 is 26.0 Å². The molecule has 3 N–H and O–H groups in total. The summed E-state index contributed by atoms with van der Waals surface area (Å²) in [6.45, 7) is 5.31. The van der Waals surface area contributed by atoms with E-state index in [2.05, 4.69) is 31.1 Å². The Balaban J connectivity index is 1.47. The molecule has 0 saturated carbocycles. The lowest BCUT2D eigenvalue weighted by molar-refractivity contribution is 0.121. The third-order valence-corrected chi connectivity index (χ3v) is 4.52. The molecule has 11 heteroatoms. The van der Waals surface area contributed by atoms with E-state index in [1.807, 2.05) is 28.0 Å². The van der Waals surface area contributed by atoms with Crippen LogP contribution in [-0.4, -0.2) is 73.6 Å². The first kappa shape index (κ1) is 19.2. The second-order valence-corrected chi connectivity index (χ2v) is 6.53. The van der Waals surface area contributed by atoms with Crippen molar-refractivity contribution in [1.82, 2.24) is 20.4 Å². The lowest BCUT2D eigenvalue weighted by atomic mass is 10.3. The van der Waals surface area contributed by atoms with Crippen LogP contribution in [-0.2, 0) is 9.47 Å². The van der Waals surface area contributed by atoms with Crippen molar-refractivity contribution in [3.05, 3.63) is 30.3 Å². The van der Waals surface area contributed by atoms with E-state index >= 15 is 0 Å². The largest absolute Gasteiger partial charge is 0.378 e. The molecule has 2 aliphatic rings. The molecule has 0 unspecified atom stereocenters. The van der Waals surface area contributed by atoms with Gasteiger partial charge in [-0.05, 0) is 12.1 Å². The predicted molar refractivity (Wildman–Crippen MR) is 108 cm³/mol. The summed E-state index contributed by atoms with van der Waals surface area (Å²) >= 11 is 0. The molecule has 154 valence electrons. The summed E-state index contributed by atoms with van der Waals surface area (Å²) in [5.41, 5.74) is 6.04. The topological polar surface area (TPSA) is 117 Å². The summed E-state index contributed by atoms with van der Waals surface area (Å²) in [5, 5.41) is 2.73. The molecular weight excluding hydrogens is 376 g/mol. The monoisotopic (exact) mass is 400 g/mol. The van der Waals surface area contributed by atoms with E-state index in [4.69, 9.17) is 9.47 Å². The fourth-order valence-electron chi connectivity index (χ4n) is 3.02. The molecule has 0 spiro atoms. The van der Waals surface area contributed by atoms with E-state index in [1.165, 1.54) is 0 Å². The Bertz CT molecular complexity index is 774. The number of hydrazine groups is 1. The van der Waals surface area contributed by atoms with Gasteiger partial charge in [-0.15, -0.1) is 0 Å². The van der Waals surface area contributed by atoms with Crippen LogP contribution in [0.1, 0.15) is 0 Å². The maximum Gasteiger partial charge on any atom is 0.337 e. The highest BCUT2D eigenvalue weighted by Gasteiger charge is 2.20. The molecule has 2 fully saturated rings. The lowest BCUT2D eigenvalue weighted by Gasteiger charge is -2.30. The number of urea groups is 1. The van der Waals surface area contributed by atoms with Crippen molar-refractivity contribution in [3.8, 4) is 0 Å². The number of para-hydroxylation sites is 1. The molecule has 1 aromatic heterocycles. The van der Waals surface area contributed by atoms with Crippen LogP contribution >= 0.6 is 0 Å². The third kappa shape index (κ3) is 5.21. The maximum absolute atomic E-state index is 12.1. The summed E-state index contributed by atoms with van der Waals surface area (Å²) in [4.78, 5) is 29.8. The average Bonchev–Trinajstić information content (AvgIpc) is 2.79. The number of amides is 2. The Hall–Kier alpha value is -3.18. The number of carbonyl (C=O) groups is 1. The maximum atomic E-state index is 12.1. The molecule has 3 heterocycles. The van der Waals surface area contributed by atoms with E-state index in [0.29, 0.717) is 70.2 Å². The number of nitrogens with zero attached hydrogens (tertiary/aromatic N) is 5. The van der Waals surface area contributed by atoms with E-state index in [1.54, 1.807) is 12.1 Å². The Morgan fingerprint density at radius 3 is 1.93 bits per heavy atom. The molecule has 0 radical (unpaired) electrons. The molecule has 29 heavy (non-hydrogen) atoms. The van der Waals surface area contributed by atoms with Crippen molar-refractivity contribution < 1.29 is 14.3 Å². The van der Waals surface area contributed by atoms with Gasteiger partial charge in [-0.3, -0.25) is 5.43 Å². The summed E-state index contributed by atoms with van der Waals surface area (Å²) in [7, 11) is 0. The second kappa shape index (κ2) is 9.34. The van der Waals surface area contributed by atoms with Crippen LogP contribution in [0.4, 0.5) is 28.3 Å². The smallest absolute Gasteiger partial charge is 0.337 e. The highest BCUT2D eigenvalue weighted by atomic mass is 16.5. The second-order valence-electron chi connectivity index (χ2n) is 6.53. The van der Waals surface area contributed by atoms with E-state index in [9.17, 15) is 4.79 Å². The zero-order valence-corrected chi connectivity index (χ0v) is 16.0. The average molecular weight is 400 g/mol. The fourth-order valence-corrected chi connectivity index (χ4v) is 3.02. The van der Waals surface area contributed by atoms with E-state index < -0.39 is 6.03 Å². The van der Waals surface area contributed by atoms with Gasteiger partial charge in [0.15, 0.2) is 0 Å². The van der Waals surface area contributed by atoms with Crippen molar-refractivity contribution >= 4 is 29.6 Å². The van der Waals surface area contributed by atoms with Gasteiger partial charge in [0.05, 0.1) is 26.4 Å². The highest BCUT2D eigenvalue weighted by Crippen LogP contribution is 2.18. The van der Waals surface area contributed by atoms with Crippen LogP contribution in [0.2, 0.25) is 0 Å². The van der Waals surface area contributed by atoms with Gasteiger partial charge in [0.1, 0.15) is 0 Å². The van der Waals surface area contributed by atoms with E-state index in [0.717, 1.165) is 0 Å². The molecular formula is C18H24N8O3. The van der Waals surface area contributed by atoms with Crippen molar-refractivity contribution in [1.29, 1.82) is 0 Å². The molecule has 0 bridgehead atoms. The first-order valence-electron chi connectivity index (χ1n) is 9.57. The summed E-state index contributed by atoms with van der Waals surface area (Å²) in [5.74, 6) is 1.38. The number of benzene rings is 1. The van der Waals surface area contributed by atoms with Gasteiger partial charge < -0.3 is 24.6 Å².